The van der Waals surface area contributed by atoms with Gasteiger partial charge in [0.25, 0.3) is 0 Å². The van der Waals surface area contributed by atoms with Crippen LogP contribution in [0, 0.1) is 5.41 Å². The van der Waals surface area contributed by atoms with E-state index in [2.05, 4.69) is 11.0 Å². The second-order valence-corrected chi connectivity index (χ2v) is 6.36. The lowest BCUT2D eigenvalue weighted by molar-refractivity contribution is -0.153. The maximum Gasteiger partial charge on any atom is 0.309 e. The zero-order valence-electron chi connectivity index (χ0n) is 13.5. The smallest absolute Gasteiger partial charge is 0.309 e. The van der Waals surface area contributed by atoms with Crippen molar-refractivity contribution >= 4 is 16.9 Å². The van der Waals surface area contributed by atoms with Gasteiger partial charge in [0.15, 0.2) is 0 Å². The zero-order chi connectivity index (χ0) is 16.3. The Morgan fingerprint density at radius 3 is 2.83 bits per heavy atom. The number of para-hydroxylation sites is 1. The summed E-state index contributed by atoms with van der Waals surface area (Å²) in [7, 11) is 1.62. The van der Waals surface area contributed by atoms with E-state index in [4.69, 9.17) is 9.15 Å². The second-order valence-electron chi connectivity index (χ2n) is 6.36. The molecule has 1 fully saturated rings. The summed E-state index contributed by atoms with van der Waals surface area (Å²) >= 11 is 0. The summed E-state index contributed by atoms with van der Waals surface area (Å²) in [5, 5.41) is 10.7. The second kappa shape index (κ2) is 6.72. The van der Waals surface area contributed by atoms with Gasteiger partial charge >= 0.3 is 5.97 Å². The lowest BCUT2D eigenvalue weighted by atomic mass is 9.76. The number of ether oxygens (including phenoxy) is 1. The summed E-state index contributed by atoms with van der Waals surface area (Å²) in [6.07, 6.45) is 3.63. The van der Waals surface area contributed by atoms with E-state index in [1.54, 1.807) is 13.4 Å². The number of carboxylic acids is 1. The van der Waals surface area contributed by atoms with Gasteiger partial charge in [0, 0.05) is 31.2 Å². The maximum absolute atomic E-state index is 11.7. The van der Waals surface area contributed by atoms with Crippen molar-refractivity contribution in [2.75, 3.05) is 26.8 Å². The van der Waals surface area contributed by atoms with Gasteiger partial charge in [0.1, 0.15) is 5.58 Å². The molecule has 1 aliphatic heterocycles. The van der Waals surface area contributed by atoms with Crippen molar-refractivity contribution in [1.29, 1.82) is 0 Å². The third-order valence-corrected chi connectivity index (χ3v) is 5.01. The highest BCUT2D eigenvalue weighted by atomic mass is 16.5. The molecule has 5 heteroatoms. The fourth-order valence-corrected chi connectivity index (χ4v) is 3.43. The van der Waals surface area contributed by atoms with E-state index in [0.29, 0.717) is 25.9 Å². The van der Waals surface area contributed by atoms with Gasteiger partial charge < -0.3 is 14.3 Å². The Morgan fingerprint density at radius 2 is 2.13 bits per heavy atom. The van der Waals surface area contributed by atoms with E-state index in [0.717, 1.165) is 36.2 Å². The molecule has 1 aliphatic rings. The molecule has 0 unspecified atom stereocenters. The number of rotatable bonds is 6. The molecule has 0 bridgehead atoms. The number of fused-ring (bicyclic) bond motifs is 1. The molecule has 0 radical (unpaired) electrons. The topological polar surface area (TPSA) is 62.9 Å². The van der Waals surface area contributed by atoms with Gasteiger partial charge in [-0.1, -0.05) is 18.2 Å². The van der Waals surface area contributed by atoms with E-state index in [1.165, 1.54) is 0 Å². The molecular weight excluding hydrogens is 294 g/mol. The van der Waals surface area contributed by atoms with E-state index in [-0.39, 0.29) is 0 Å². The van der Waals surface area contributed by atoms with Crippen LogP contribution in [0.2, 0.25) is 0 Å². The molecule has 2 heterocycles. The average molecular weight is 317 g/mol. The summed E-state index contributed by atoms with van der Waals surface area (Å²) < 4.78 is 10.7. The molecular formula is C18H23NO4. The summed E-state index contributed by atoms with van der Waals surface area (Å²) in [5.41, 5.74) is 1.46. The number of piperidine rings is 1. The lowest BCUT2D eigenvalue weighted by Gasteiger charge is -2.38. The van der Waals surface area contributed by atoms with Crippen molar-refractivity contribution in [2.45, 2.75) is 25.8 Å². The highest BCUT2D eigenvalue weighted by molar-refractivity contribution is 5.80. The van der Waals surface area contributed by atoms with Crippen LogP contribution in [0.25, 0.3) is 11.0 Å². The molecule has 0 aliphatic carbocycles. The van der Waals surface area contributed by atoms with Crippen LogP contribution in [0.4, 0.5) is 0 Å². The van der Waals surface area contributed by atoms with Gasteiger partial charge in [-0.3, -0.25) is 9.69 Å². The first-order chi connectivity index (χ1) is 11.1. The van der Waals surface area contributed by atoms with Crippen LogP contribution in [-0.2, 0) is 16.1 Å². The fraction of sp³-hybridized carbons (Fsp3) is 0.500. The number of carboxylic acid groups (broad SMARTS) is 1. The quantitative estimate of drug-likeness (QED) is 0.887. The molecule has 1 saturated heterocycles. The predicted molar refractivity (Wildman–Crippen MR) is 87.3 cm³/mol. The van der Waals surface area contributed by atoms with E-state index >= 15 is 0 Å². The van der Waals surface area contributed by atoms with E-state index in [9.17, 15) is 9.90 Å². The number of furan rings is 1. The van der Waals surface area contributed by atoms with Gasteiger partial charge in [-0.2, -0.15) is 0 Å². The molecule has 23 heavy (non-hydrogen) atoms. The van der Waals surface area contributed by atoms with Crippen LogP contribution in [-0.4, -0.2) is 42.8 Å². The zero-order valence-corrected chi connectivity index (χ0v) is 13.5. The molecule has 0 amide bonds. The Kier molecular flexibility index (Phi) is 4.68. The number of carbonyl (C=O) groups is 1. The first-order valence-electron chi connectivity index (χ1n) is 8.04. The highest BCUT2D eigenvalue weighted by Gasteiger charge is 2.41. The third-order valence-electron chi connectivity index (χ3n) is 5.01. The minimum absolute atomic E-state index is 0.498. The van der Waals surface area contributed by atoms with Crippen molar-refractivity contribution in [1.82, 2.24) is 4.90 Å². The first-order valence-corrected chi connectivity index (χ1v) is 8.04. The monoisotopic (exact) mass is 317 g/mol. The number of benzene rings is 1. The van der Waals surface area contributed by atoms with Crippen LogP contribution in [0.5, 0.6) is 0 Å². The van der Waals surface area contributed by atoms with Gasteiger partial charge in [0.05, 0.1) is 11.7 Å². The Morgan fingerprint density at radius 1 is 1.35 bits per heavy atom. The average Bonchev–Trinajstić information content (AvgIpc) is 3.04. The third kappa shape index (κ3) is 3.26. The van der Waals surface area contributed by atoms with Crippen molar-refractivity contribution in [2.24, 2.45) is 5.41 Å². The Hall–Kier alpha value is -1.85. The minimum Gasteiger partial charge on any atom is -0.481 e. The van der Waals surface area contributed by atoms with Crippen molar-refractivity contribution < 1.29 is 19.1 Å². The van der Waals surface area contributed by atoms with E-state index < -0.39 is 11.4 Å². The van der Waals surface area contributed by atoms with E-state index in [1.807, 2.05) is 18.2 Å². The molecule has 0 atom stereocenters. The molecule has 0 saturated carbocycles. The molecule has 1 aromatic heterocycles. The normalized spacial score (nSPS) is 18.3. The summed E-state index contributed by atoms with van der Waals surface area (Å²) in [4.78, 5) is 14.0. The molecule has 2 aromatic rings. The van der Waals surface area contributed by atoms with Crippen LogP contribution >= 0.6 is 0 Å². The Bertz CT molecular complexity index is 670. The predicted octanol–water partition coefficient (Wildman–Crippen LogP) is 3.14. The molecule has 3 rings (SSSR count). The molecule has 1 N–H and O–H groups in total. The van der Waals surface area contributed by atoms with Crippen molar-refractivity contribution in [3.8, 4) is 0 Å². The van der Waals surface area contributed by atoms with Gasteiger partial charge in [-0.05, 0) is 38.4 Å². The van der Waals surface area contributed by atoms with Crippen molar-refractivity contribution in [3.63, 3.8) is 0 Å². The number of aliphatic carboxylic acids is 1. The Labute approximate surface area is 135 Å². The van der Waals surface area contributed by atoms with Gasteiger partial charge in [0.2, 0.25) is 0 Å². The summed E-state index contributed by atoms with van der Waals surface area (Å²) in [6, 6.07) is 8.13. The summed E-state index contributed by atoms with van der Waals surface area (Å²) in [5.74, 6) is -0.692. The van der Waals surface area contributed by atoms with Crippen molar-refractivity contribution in [3.05, 3.63) is 36.1 Å². The van der Waals surface area contributed by atoms with Gasteiger partial charge in [-0.25, -0.2) is 0 Å². The molecule has 0 spiro atoms. The SMILES string of the molecule is COCCC1(C(=O)O)CCN(Cc2cccc3ccoc23)CC1. The van der Waals surface area contributed by atoms with Crippen LogP contribution in [0.3, 0.4) is 0 Å². The summed E-state index contributed by atoms with van der Waals surface area (Å²) in [6.45, 7) is 2.86. The lowest BCUT2D eigenvalue weighted by Crippen LogP contribution is -2.44. The fourth-order valence-electron chi connectivity index (χ4n) is 3.43. The minimum atomic E-state index is -0.692. The van der Waals surface area contributed by atoms with Gasteiger partial charge in [-0.15, -0.1) is 0 Å². The van der Waals surface area contributed by atoms with Crippen LogP contribution < -0.4 is 0 Å². The number of hydrogen-bond acceptors (Lipinski definition) is 4. The Balaban J connectivity index is 1.67. The number of methoxy groups -OCH3 is 1. The number of nitrogens with zero attached hydrogens (tertiary/aromatic N) is 1. The number of likely N-dealkylation sites (tertiary alicyclic amines) is 1. The molecule has 5 nitrogen and oxygen atoms in total. The standard InChI is InChI=1S/C18H23NO4/c1-22-12-8-18(17(20)21)6-9-19(10-7-18)13-15-4-2-3-14-5-11-23-16(14)15/h2-5,11H,6-10,12-13H2,1H3,(H,20,21). The number of hydrogen-bond donors (Lipinski definition) is 1. The molecule has 124 valence electrons. The van der Waals surface area contributed by atoms with Crippen LogP contribution in [0.15, 0.2) is 34.9 Å². The largest absolute Gasteiger partial charge is 0.481 e. The molecule has 1 aromatic carbocycles. The first kappa shape index (κ1) is 16.0. The maximum atomic E-state index is 11.7. The van der Waals surface area contributed by atoms with Crippen LogP contribution in [0.1, 0.15) is 24.8 Å². The highest BCUT2D eigenvalue weighted by Crippen LogP contribution is 2.36.